The molecule has 1 aromatic carbocycles. The standard InChI is InChI=1S/C15H21N3O3/c1-15(7-3-4-8-15)10-17-14(19)12-9-11(16-2)5-6-13(12)18(20)21/h5-6,9,16H,3-4,7-8,10H2,1-2H3,(H,17,19). The fourth-order valence-electron chi connectivity index (χ4n) is 2.83. The number of carbonyl (C=O) groups is 1. The maximum absolute atomic E-state index is 12.3. The molecule has 6 heteroatoms. The zero-order valence-electron chi connectivity index (χ0n) is 12.4. The summed E-state index contributed by atoms with van der Waals surface area (Å²) < 4.78 is 0. The molecule has 0 radical (unpaired) electrons. The quantitative estimate of drug-likeness (QED) is 0.645. The van der Waals surface area contributed by atoms with Gasteiger partial charge in [-0.3, -0.25) is 14.9 Å². The minimum absolute atomic E-state index is 0.105. The Hall–Kier alpha value is -2.11. The Kier molecular flexibility index (Phi) is 4.45. The minimum Gasteiger partial charge on any atom is -0.388 e. The van der Waals surface area contributed by atoms with Gasteiger partial charge in [-0.2, -0.15) is 0 Å². The van der Waals surface area contributed by atoms with Crippen molar-refractivity contribution in [2.75, 3.05) is 18.9 Å². The van der Waals surface area contributed by atoms with Gasteiger partial charge in [-0.25, -0.2) is 0 Å². The molecule has 0 aromatic heterocycles. The molecule has 0 saturated heterocycles. The van der Waals surface area contributed by atoms with Crippen molar-refractivity contribution >= 4 is 17.3 Å². The number of hydrogen-bond acceptors (Lipinski definition) is 4. The van der Waals surface area contributed by atoms with E-state index in [2.05, 4.69) is 17.6 Å². The van der Waals surface area contributed by atoms with Crippen LogP contribution in [0.15, 0.2) is 18.2 Å². The van der Waals surface area contributed by atoms with Crippen molar-refractivity contribution in [3.63, 3.8) is 0 Å². The zero-order chi connectivity index (χ0) is 15.5. The normalized spacial score (nSPS) is 16.5. The summed E-state index contributed by atoms with van der Waals surface area (Å²) in [7, 11) is 1.71. The van der Waals surface area contributed by atoms with Gasteiger partial charge in [0.05, 0.1) is 4.92 Å². The number of hydrogen-bond donors (Lipinski definition) is 2. The third-order valence-corrected chi connectivity index (χ3v) is 4.21. The predicted octanol–water partition coefficient (Wildman–Crippen LogP) is 2.95. The van der Waals surface area contributed by atoms with Gasteiger partial charge in [-0.1, -0.05) is 19.8 Å². The minimum atomic E-state index is -0.522. The largest absolute Gasteiger partial charge is 0.388 e. The van der Waals surface area contributed by atoms with Crippen LogP contribution in [-0.4, -0.2) is 24.4 Å². The number of anilines is 1. The van der Waals surface area contributed by atoms with Crippen LogP contribution in [0.5, 0.6) is 0 Å². The van der Waals surface area contributed by atoms with Crippen LogP contribution in [0.2, 0.25) is 0 Å². The molecule has 1 aliphatic carbocycles. The van der Waals surface area contributed by atoms with Crippen molar-refractivity contribution in [3.05, 3.63) is 33.9 Å². The van der Waals surface area contributed by atoms with E-state index in [4.69, 9.17) is 0 Å². The highest BCUT2D eigenvalue weighted by Crippen LogP contribution is 2.36. The summed E-state index contributed by atoms with van der Waals surface area (Å²) >= 11 is 0. The summed E-state index contributed by atoms with van der Waals surface area (Å²) in [5.41, 5.74) is 0.736. The van der Waals surface area contributed by atoms with Crippen LogP contribution in [0, 0.1) is 15.5 Å². The zero-order valence-corrected chi connectivity index (χ0v) is 12.4. The molecule has 114 valence electrons. The molecule has 1 aliphatic rings. The highest BCUT2D eigenvalue weighted by Gasteiger charge is 2.30. The van der Waals surface area contributed by atoms with E-state index in [1.54, 1.807) is 13.1 Å². The van der Waals surface area contributed by atoms with E-state index < -0.39 is 4.92 Å². The maximum Gasteiger partial charge on any atom is 0.282 e. The van der Waals surface area contributed by atoms with Crippen molar-refractivity contribution < 1.29 is 9.72 Å². The molecule has 6 nitrogen and oxygen atoms in total. The van der Waals surface area contributed by atoms with Crippen molar-refractivity contribution in [1.82, 2.24) is 5.32 Å². The highest BCUT2D eigenvalue weighted by atomic mass is 16.6. The maximum atomic E-state index is 12.3. The molecule has 1 aromatic rings. The summed E-state index contributed by atoms with van der Waals surface area (Å²) in [5.74, 6) is -0.382. The average Bonchev–Trinajstić information content (AvgIpc) is 2.91. The topological polar surface area (TPSA) is 84.3 Å². The Labute approximate surface area is 124 Å². The summed E-state index contributed by atoms with van der Waals surface area (Å²) in [5, 5.41) is 16.8. The van der Waals surface area contributed by atoms with Crippen molar-refractivity contribution in [3.8, 4) is 0 Å². The Morgan fingerprint density at radius 3 is 2.62 bits per heavy atom. The second-order valence-electron chi connectivity index (χ2n) is 5.94. The number of amides is 1. The molecule has 0 atom stereocenters. The Morgan fingerprint density at radius 1 is 1.38 bits per heavy atom. The van der Waals surface area contributed by atoms with E-state index in [1.807, 2.05) is 0 Å². The van der Waals surface area contributed by atoms with E-state index >= 15 is 0 Å². The van der Waals surface area contributed by atoms with Crippen molar-refractivity contribution in [2.24, 2.45) is 5.41 Å². The Balaban J connectivity index is 2.15. The van der Waals surface area contributed by atoms with Gasteiger partial charge < -0.3 is 10.6 Å². The van der Waals surface area contributed by atoms with Crippen LogP contribution in [-0.2, 0) is 0 Å². The Bertz CT molecular complexity index is 551. The number of benzene rings is 1. The van der Waals surface area contributed by atoms with Crippen molar-refractivity contribution in [2.45, 2.75) is 32.6 Å². The second-order valence-corrected chi connectivity index (χ2v) is 5.94. The van der Waals surface area contributed by atoms with Gasteiger partial charge >= 0.3 is 0 Å². The fourth-order valence-corrected chi connectivity index (χ4v) is 2.83. The van der Waals surface area contributed by atoms with E-state index in [1.165, 1.54) is 25.0 Å². The predicted molar refractivity (Wildman–Crippen MR) is 81.6 cm³/mol. The van der Waals surface area contributed by atoms with Crippen LogP contribution in [0.25, 0.3) is 0 Å². The lowest BCUT2D eigenvalue weighted by Gasteiger charge is -2.23. The number of rotatable bonds is 5. The molecule has 1 amide bonds. The monoisotopic (exact) mass is 291 g/mol. The second kappa shape index (κ2) is 6.11. The molecule has 0 heterocycles. The lowest BCUT2D eigenvalue weighted by Crippen LogP contribution is -2.34. The van der Waals surface area contributed by atoms with Gasteiger partial charge in [0, 0.05) is 25.3 Å². The number of nitrogens with one attached hydrogen (secondary N) is 2. The van der Waals surface area contributed by atoms with Crippen LogP contribution < -0.4 is 10.6 Å². The summed E-state index contributed by atoms with van der Waals surface area (Å²) in [4.78, 5) is 22.8. The molecule has 1 saturated carbocycles. The molecule has 0 aliphatic heterocycles. The molecular formula is C15H21N3O3. The van der Waals surface area contributed by atoms with Gasteiger partial charge in [0.1, 0.15) is 5.56 Å². The smallest absolute Gasteiger partial charge is 0.282 e. The van der Waals surface area contributed by atoms with Crippen LogP contribution >= 0.6 is 0 Å². The summed E-state index contributed by atoms with van der Waals surface area (Å²) in [6.07, 6.45) is 4.54. The average molecular weight is 291 g/mol. The first-order valence-corrected chi connectivity index (χ1v) is 7.20. The summed E-state index contributed by atoms with van der Waals surface area (Å²) in [6, 6.07) is 4.47. The molecule has 0 unspecified atom stereocenters. The van der Waals surface area contributed by atoms with Gasteiger partial charge in [0.15, 0.2) is 0 Å². The number of nitrogens with zero attached hydrogens (tertiary/aromatic N) is 1. The third-order valence-electron chi connectivity index (χ3n) is 4.21. The van der Waals surface area contributed by atoms with E-state index in [0.29, 0.717) is 12.2 Å². The SMILES string of the molecule is CNc1ccc([N+](=O)[O-])c(C(=O)NCC2(C)CCCC2)c1. The van der Waals surface area contributed by atoms with Crippen LogP contribution in [0.1, 0.15) is 43.0 Å². The van der Waals surface area contributed by atoms with Gasteiger partial charge in [0.2, 0.25) is 0 Å². The number of carbonyl (C=O) groups excluding carboxylic acids is 1. The molecule has 0 spiro atoms. The first-order chi connectivity index (χ1) is 9.95. The lowest BCUT2D eigenvalue weighted by molar-refractivity contribution is -0.385. The number of nitro groups is 1. The number of nitro benzene ring substituents is 1. The van der Waals surface area contributed by atoms with Gasteiger partial charge in [-0.05, 0) is 30.4 Å². The first-order valence-electron chi connectivity index (χ1n) is 7.20. The molecule has 0 bridgehead atoms. The van der Waals surface area contributed by atoms with Gasteiger partial charge in [-0.15, -0.1) is 0 Å². The lowest BCUT2D eigenvalue weighted by atomic mass is 9.89. The molecule has 21 heavy (non-hydrogen) atoms. The van der Waals surface area contributed by atoms with E-state index in [0.717, 1.165) is 12.8 Å². The van der Waals surface area contributed by atoms with Crippen LogP contribution in [0.3, 0.4) is 0 Å². The molecule has 1 fully saturated rings. The van der Waals surface area contributed by atoms with E-state index in [9.17, 15) is 14.9 Å². The van der Waals surface area contributed by atoms with Crippen LogP contribution in [0.4, 0.5) is 11.4 Å². The third kappa shape index (κ3) is 3.51. The summed E-state index contributed by atoms with van der Waals surface area (Å²) in [6.45, 7) is 2.71. The Morgan fingerprint density at radius 2 is 2.05 bits per heavy atom. The fraction of sp³-hybridized carbons (Fsp3) is 0.533. The van der Waals surface area contributed by atoms with E-state index in [-0.39, 0.29) is 22.6 Å². The van der Waals surface area contributed by atoms with Gasteiger partial charge in [0.25, 0.3) is 11.6 Å². The molecular weight excluding hydrogens is 270 g/mol. The van der Waals surface area contributed by atoms with Crippen molar-refractivity contribution in [1.29, 1.82) is 0 Å². The first kappa shape index (κ1) is 15.3. The molecule has 2 rings (SSSR count). The highest BCUT2D eigenvalue weighted by molar-refractivity contribution is 5.99. The molecule has 2 N–H and O–H groups in total.